The van der Waals surface area contributed by atoms with Crippen LogP contribution < -0.4 is 19.1 Å². The molecule has 2 aliphatic heterocycles. The van der Waals surface area contributed by atoms with E-state index >= 15 is 0 Å². The van der Waals surface area contributed by atoms with E-state index in [-0.39, 0.29) is 33.9 Å². The number of morpholine rings is 1. The number of aromatic nitrogens is 1. The number of anilines is 1. The zero-order valence-corrected chi connectivity index (χ0v) is 20.0. The third-order valence-electron chi connectivity index (χ3n) is 5.68. The molecule has 34 heavy (non-hydrogen) atoms. The molecule has 9 nitrogen and oxygen atoms in total. The molecule has 2 aromatic carbocycles. The molecule has 1 fully saturated rings. The van der Waals surface area contributed by atoms with Crippen LogP contribution in [0.1, 0.15) is 13.8 Å². The molecule has 3 aromatic rings. The summed E-state index contributed by atoms with van der Waals surface area (Å²) in [5.74, 6) is 1.89. The number of ether oxygens (including phenoxy) is 4. The number of sulfone groups is 1. The fourth-order valence-electron chi connectivity index (χ4n) is 4.20. The van der Waals surface area contributed by atoms with E-state index in [4.69, 9.17) is 23.4 Å². The van der Waals surface area contributed by atoms with Crippen LogP contribution in [0.4, 0.5) is 5.88 Å². The van der Waals surface area contributed by atoms with Gasteiger partial charge in [-0.2, -0.15) is 4.98 Å². The van der Waals surface area contributed by atoms with Gasteiger partial charge in [-0.25, -0.2) is 8.42 Å². The standard InChI is InChI=1S/C24H26N2O7S/c1-15-13-26(14-16(2)32-15)24-23(25-22(33-24)17-5-4-6-18(11-17)29-3)34(27,28)19-7-8-20-21(12-19)31-10-9-30-20/h4-8,11-12,15-16H,9-10,13-14H2,1-3H3. The van der Waals surface area contributed by atoms with Crippen LogP contribution in [0.2, 0.25) is 0 Å². The smallest absolute Gasteiger partial charge is 0.236 e. The predicted octanol–water partition coefficient (Wildman–Crippen LogP) is 3.57. The normalized spacial score (nSPS) is 20.3. The second-order valence-corrected chi connectivity index (χ2v) is 10.2. The Kier molecular flexibility index (Phi) is 5.86. The molecule has 0 N–H and O–H groups in total. The van der Waals surface area contributed by atoms with E-state index in [1.165, 1.54) is 12.1 Å². The van der Waals surface area contributed by atoms with E-state index in [1.807, 2.05) is 18.7 Å². The fourth-order valence-corrected chi connectivity index (χ4v) is 5.54. The van der Waals surface area contributed by atoms with E-state index in [2.05, 4.69) is 4.98 Å². The van der Waals surface area contributed by atoms with Gasteiger partial charge in [0, 0.05) is 24.7 Å². The predicted molar refractivity (Wildman–Crippen MR) is 124 cm³/mol. The van der Waals surface area contributed by atoms with Crippen molar-refractivity contribution in [1.29, 1.82) is 0 Å². The van der Waals surface area contributed by atoms with Gasteiger partial charge in [-0.15, -0.1) is 0 Å². The summed E-state index contributed by atoms with van der Waals surface area (Å²) in [5, 5.41) is -0.150. The number of rotatable bonds is 5. The van der Waals surface area contributed by atoms with Crippen molar-refractivity contribution >= 4 is 15.7 Å². The van der Waals surface area contributed by atoms with Gasteiger partial charge in [-0.3, -0.25) is 0 Å². The van der Waals surface area contributed by atoms with Crippen molar-refractivity contribution in [1.82, 2.24) is 4.98 Å². The van der Waals surface area contributed by atoms with Gasteiger partial charge >= 0.3 is 0 Å². The maximum Gasteiger partial charge on any atom is 0.236 e. The molecule has 3 heterocycles. The van der Waals surface area contributed by atoms with E-state index < -0.39 is 9.84 Å². The Bertz CT molecular complexity index is 1290. The van der Waals surface area contributed by atoms with Crippen molar-refractivity contribution < 1.29 is 31.8 Å². The van der Waals surface area contributed by atoms with Crippen LogP contribution in [0, 0.1) is 0 Å². The molecule has 2 unspecified atom stereocenters. The van der Waals surface area contributed by atoms with Gasteiger partial charge < -0.3 is 28.3 Å². The Morgan fingerprint density at radius 2 is 1.74 bits per heavy atom. The first-order valence-electron chi connectivity index (χ1n) is 11.1. The molecule has 1 saturated heterocycles. The zero-order valence-electron chi connectivity index (χ0n) is 19.2. The summed E-state index contributed by atoms with van der Waals surface area (Å²) < 4.78 is 56.0. The first-order chi connectivity index (χ1) is 16.3. The molecule has 180 valence electrons. The van der Waals surface area contributed by atoms with Crippen LogP contribution in [0.3, 0.4) is 0 Å². The van der Waals surface area contributed by atoms with E-state index in [0.717, 1.165) is 0 Å². The Morgan fingerprint density at radius 3 is 2.47 bits per heavy atom. The van der Waals surface area contributed by atoms with E-state index in [0.29, 0.717) is 49.1 Å². The summed E-state index contributed by atoms with van der Waals surface area (Å²) in [6.45, 7) is 5.61. The van der Waals surface area contributed by atoms with Crippen molar-refractivity contribution in [2.45, 2.75) is 36.0 Å². The minimum atomic E-state index is -4.04. The average molecular weight is 487 g/mol. The molecule has 2 atom stereocenters. The second kappa shape index (κ2) is 8.84. The number of methoxy groups -OCH3 is 1. The van der Waals surface area contributed by atoms with Crippen LogP contribution in [0.5, 0.6) is 17.2 Å². The summed E-state index contributed by atoms with van der Waals surface area (Å²) in [6.07, 6.45) is -0.196. The van der Waals surface area contributed by atoms with Crippen LogP contribution in [-0.4, -0.2) is 59.0 Å². The number of oxazole rings is 1. The maximum absolute atomic E-state index is 13.8. The first-order valence-corrected chi connectivity index (χ1v) is 12.5. The summed E-state index contributed by atoms with van der Waals surface area (Å²) in [5.41, 5.74) is 0.610. The van der Waals surface area contributed by atoms with Crippen molar-refractivity contribution in [2.24, 2.45) is 0 Å². The first kappa shape index (κ1) is 22.5. The highest BCUT2D eigenvalue weighted by molar-refractivity contribution is 7.91. The van der Waals surface area contributed by atoms with Crippen LogP contribution in [0.25, 0.3) is 11.5 Å². The third kappa shape index (κ3) is 4.19. The second-order valence-electron chi connectivity index (χ2n) is 8.33. The molecule has 1 aromatic heterocycles. The minimum Gasteiger partial charge on any atom is -0.497 e. The lowest BCUT2D eigenvalue weighted by molar-refractivity contribution is -0.00657. The number of fused-ring (bicyclic) bond motifs is 1. The molecular formula is C24H26N2O7S. The monoisotopic (exact) mass is 486 g/mol. The quantitative estimate of drug-likeness (QED) is 0.536. The van der Waals surface area contributed by atoms with Gasteiger partial charge in [-0.1, -0.05) is 6.07 Å². The molecule has 0 radical (unpaired) electrons. The minimum absolute atomic E-state index is 0.0536. The van der Waals surface area contributed by atoms with Gasteiger partial charge in [0.2, 0.25) is 26.6 Å². The molecule has 0 saturated carbocycles. The van der Waals surface area contributed by atoms with Gasteiger partial charge in [0.1, 0.15) is 19.0 Å². The number of hydrogen-bond acceptors (Lipinski definition) is 9. The van der Waals surface area contributed by atoms with Crippen molar-refractivity contribution in [3.05, 3.63) is 42.5 Å². The molecule has 0 amide bonds. The zero-order chi connectivity index (χ0) is 23.9. The van der Waals surface area contributed by atoms with Crippen LogP contribution in [0.15, 0.2) is 56.8 Å². The van der Waals surface area contributed by atoms with Crippen molar-refractivity contribution in [3.63, 3.8) is 0 Å². The molecule has 0 bridgehead atoms. The topological polar surface area (TPSA) is 100 Å². The maximum atomic E-state index is 13.8. The van der Waals surface area contributed by atoms with Crippen molar-refractivity contribution in [3.8, 4) is 28.7 Å². The summed E-state index contributed by atoms with van der Waals surface area (Å²) in [7, 11) is -2.48. The highest BCUT2D eigenvalue weighted by Crippen LogP contribution is 2.39. The van der Waals surface area contributed by atoms with Crippen LogP contribution in [-0.2, 0) is 14.6 Å². The number of hydrogen-bond donors (Lipinski definition) is 0. The largest absolute Gasteiger partial charge is 0.497 e. The lowest BCUT2D eigenvalue weighted by Crippen LogP contribution is -2.45. The Labute approximate surface area is 198 Å². The molecule has 0 aliphatic carbocycles. The van der Waals surface area contributed by atoms with E-state index in [1.54, 1.807) is 37.4 Å². The average Bonchev–Trinajstić information content (AvgIpc) is 3.30. The highest BCUT2D eigenvalue weighted by Gasteiger charge is 2.35. The van der Waals surface area contributed by atoms with Gasteiger partial charge in [0.25, 0.3) is 0 Å². The highest BCUT2D eigenvalue weighted by atomic mass is 32.2. The Morgan fingerprint density at radius 1 is 1.00 bits per heavy atom. The summed E-state index contributed by atoms with van der Waals surface area (Å²) >= 11 is 0. The lowest BCUT2D eigenvalue weighted by Gasteiger charge is -2.35. The SMILES string of the molecule is COc1cccc(-c2nc(S(=O)(=O)c3ccc4c(c3)OCCO4)c(N3CC(C)OC(C)C3)o2)c1. The van der Waals surface area contributed by atoms with Crippen molar-refractivity contribution in [2.75, 3.05) is 38.3 Å². The van der Waals surface area contributed by atoms with Gasteiger partial charge in [0.15, 0.2) is 11.5 Å². The summed E-state index contributed by atoms with van der Waals surface area (Å²) in [6, 6.07) is 11.7. The molecule has 5 rings (SSSR count). The fraction of sp³-hybridized carbons (Fsp3) is 0.375. The molecular weight excluding hydrogens is 460 g/mol. The molecule has 10 heteroatoms. The lowest BCUT2D eigenvalue weighted by atomic mass is 10.2. The number of benzene rings is 2. The van der Waals surface area contributed by atoms with E-state index in [9.17, 15) is 8.42 Å². The van der Waals surface area contributed by atoms with Gasteiger partial charge in [-0.05, 0) is 44.2 Å². The number of nitrogens with zero attached hydrogens (tertiary/aromatic N) is 2. The molecule has 2 aliphatic rings. The third-order valence-corrected chi connectivity index (χ3v) is 7.33. The molecule has 0 spiro atoms. The summed E-state index contributed by atoms with van der Waals surface area (Å²) in [4.78, 5) is 6.41. The Hall–Kier alpha value is -3.24. The Balaban J connectivity index is 1.63. The van der Waals surface area contributed by atoms with Crippen LogP contribution >= 0.6 is 0 Å². The van der Waals surface area contributed by atoms with Gasteiger partial charge in [0.05, 0.1) is 24.2 Å².